The third kappa shape index (κ3) is 4.59. The number of ether oxygens (including phenoxy) is 2. The van der Waals surface area contributed by atoms with Crippen molar-refractivity contribution in [1.82, 2.24) is 10.2 Å². The lowest BCUT2D eigenvalue weighted by atomic mass is 10.1. The van der Waals surface area contributed by atoms with Crippen LogP contribution in [-0.4, -0.2) is 68.3 Å². The Labute approximate surface area is 140 Å². The van der Waals surface area contributed by atoms with E-state index in [0.717, 1.165) is 13.1 Å². The molecule has 0 unspecified atom stereocenters. The largest absolute Gasteiger partial charge is 0.497 e. The van der Waals surface area contributed by atoms with Crippen LogP contribution in [0.1, 0.15) is 6.42 Å². The number of nitrogens with one attached hydrogen (secondary N) is 2. The second-order valence-corrected chi connectivity index (χ2v) is 5.46. The molecule has 1 aromatic rings. The zero-order chi connectivity index (χ0) is 17.5. The number of aliphatic carboxylic acids is 1. The third-order valence-corrected chi connectivity index (χ3v) is 3.94. The monoisotopic (exact) mass is 337 g/mol. The van der Waals surface area contributed by atoms with Crippen LogP contribution in [0.5, 0.6) is 11.5 Å². The van der Waals surface area contributed by atoms with Crippen molar-refractivity contribution in [2.45, 2.75) is 12.5 Å². The predicted molar refractivity (Wildman–Crippen MR) is 88.7 cm³/mol. The highest BCUT2D eigenvalue weighted by Crippen LogP contribution is 2.29. The Morgan fingerprint density at radius 3 is 2.58 bits per heavy atom. The van der Waals surface area contributed by atoms with Crippen molar-refractivity contribution in [2.75, 3.05) is 45.7 Å². The highest BCUT2D eigenvalue weighted by atomic mass is 16.5. The van der Waals surface area contributed by atoms with Gasteiger partial charge in [0.2, 0.25) is 5.91 Å². The molecular formula is C16H23N3O5. The fourth-order valence-electron chi connectivity index (χ4n) is 2.65. The minimum atomic E-state index is -0.996. The van der Waals surface area contributed by atoms with Gasteiger partial charge in [-0.2, -0.15) is 0 Å². The molecule has 1 fully saturated rings. The van der Waals surface area contributed by atoms with Gasteiger partial charge in [0, 0.05) is 32.2 Å². The van der Waals surface area contributed by atoms with E-state index in [1.54, 1.807) is 23.1 Å². The van der Waals surface area contributed by atoms with Gasteiger partial charge in [0.05, 0.1) is 26.3 Å². The number of hydrogen-bond donors (Lipinski definition) is 3. The number of rotatable bonds is 7. The predicted octanol–water partition coefficient (Wildman–Crippen LogP) is 0.391. The van der Waals surface area contributed by atoms with E-state index in [9.17, 15) is 14.7 Å². The smallest absolute Gasteiger partial charge is 0.321 e. The number of amides is 1. The Kier molecular flexibility index (Phi) is 6.39. The molecule has 1 amide bonds. The van der Waals surface area contributed by atoms with Crippen LogP contribution in [0, 0.1) is 0 Å². The summed E-state index contributed by atoms with van der Waals surface area (Å²) in [7, 11) is 3.02. The Morgan fingerprint density at radius 1 is 1.29 bits per heavy atom. The van der Waals surface area contributed by atoms with E-state index in [1.807, 2.05) is 0 Å². The molecule has 0 aromatic heterocycles. The van der Waals surface area contributed by atoms with Gasteiger partial charge in [0.1, 0.15) is 17.5 Å². The van der Waals surface area contributed by atoms with Crippen LogP contribution < -0.4 is 20.1 Å². The molecule has 2 rings (SSSR count). The number of piperazine rings is 1. The first-order valence-corrected chi connectivity index (χ1v) is 7.74. The van der Waals surface area contributed by atoms with Crippen LogP contribution in [0.4, 0.5) is 5.69 Å². The third-order valence-electron chi connectivity index (χ3n) is 3.94. The summed E-state index contributed by atoms with van der Waals surface area (Å²) in [6.07, 6.45) is -0.129. The van der Waals surface area contributed by atoms with Gasteiger partial charge in [-0.25, -0.2) is 0 Å². The maximum absolute atomic E-state index is 12.3. The van der Waals surface area contributed by atoms with Crippen molar-refractivity contribution in [3.8, 4) is 11.5 Å². The van der Waals surface area contributed by atoms with Crippen LogP contribution in [0.2, 0.25) is 0 Å². The topological polar surface area (TPSA) is 100 Å². The zero-order valence-electron chi connectivity index (χ0n) is 13.9. The first-order chi connectivity index (χ1) is 11.5. The second kappa shape index (κ2) is 8.51. The number of anilines is 1. The summed E-state index contributed by atoms with van der Waals surface area (Å²) in [5.41, 5.74) is 0.450. The lowest BCUT2D eigenvalue weighted by Crippen LogP contribution is -2.52. The van der Waals surface area contributed by atoms with Gasteiger partial charge in [-0.1, -0.05) is 0 Å². The first kappa shape index (κ1) is 18.0. The molecule has 1 heterocycles. The summed E-state index contributed by atoms with van der Waals surface area (Å²) in [4.78, 5) is 25.7. The quantitative estimate of drug-likeness (QED) is 0.662. The molecular weight excluding hydrogens is 314 g/mol. The molecule has 132 valence electrons. The number of carboxylic acid groups (broad SMARTS) is 1. The standard InChI is InChI=1S/C16H23N3O5/c1-23-11-3-4-14(24-2)12(9-11)18-15(20)10-13(16(21)22)19-7-5-17-6-8-19/h3-4,9,13,17H,5-8,10H2,1-2H3,(H,18,20)(H,21,22)/t13-/m0/s1. The molecule has 1 aliphatic heterocycles. The normalized spacial score (nSPS) is 16.2. The average Bonchev–Trinajstić information content (AvgIpc) is 2.60. The van der Waals surface area contributed by atoms with E-state index in [2.05, 4.69) is 10.6 Å². The van der Waals surface area contributed by atoms with Crippen molar-refractivity contribution >= 4 is 17.6 Å². The van der Waals surface area contributed by atoms with Crippen LogP contribution in [0.3, 0.4) is 0 Å². The summed E-state index contributed by atoms with van der Waals surface area (Å²) in [5, 5.41) is 15.3. The number of carbonyl (C=O) groups is 2. The molecule has 0 spiro atoms. The fraction of sp³-hybridized carbons (Fsp3) is 0.500. The van der Waals surface area contributed by atoms with Crippen LogP contribution in [0.15, 0.2) is 18.2 Å². The highest BCUT2D eigenvalue weighted by Gasteiger charge is 2.29. The van der Waals surface area contributed by atoms with E-state index in [-0.39, 0.29) is 12.3 Å². The molecule has 3 N–H and O–H groups in total. The molecule has 1 aromatic carbocycles. The maximum atomic E-state index is 12.3. The summed E-state index contributed by atoms with van der Waals surface area (Å²) in [5.74, 6) is -0.321. The first-order valence-electron chi connectivity index (χ1n) is 7.74. The van der Waals surface area contributed by atoms with Crippen molar-refractivity contribution in [1.29, 1.82) is 0 Å². The van der Waals surface area contributed by atoms with E-state index < -0.39 is 12.0 Å². The summed E-state index contributed by atoms with van der Waals surface area (Å²) < 4.78 is 10.3. The molecule has 8 heteroatoms. The molecule has 0 saturated carbocycles. The number of methoxy groups -OCH3 is 2. The number of hydrogen-bond acceptors (Lipinski definition) is 6. The molecule has 0 bridgehead atoms. The van der Waals surface area contributed by atoms with Crippen LogP contribution in [0.25, 0.3) is 0 Å². The Hall–Kier alpha value is -2.32. The second-order valence-electron chi connectivity index (χ2n) is 5.46. The van der Waals surface area contributed by atoms with Crippen molar-refractivity contribution in [3.63, 3.8) is 0 Å². The highest BCUT2D eigenvalue weighted by molar-refractivity contribution is 5.95. The molecule has 0 radical (unpaired) electrons. The van der Waals surface area contributed by atoms with E-state index in [4.69, 9.17) is 9.47 Å². The minimum absolute atomic E-state index is 0.129. The van der Waals surface area contributed by atoms with E-state index in [0.29, 0.717) is 30.3 Å². The molecule has 24 heavy (non-hydrogen) atoms. The van der Waals surface area contributed by atoms with Gasteiger partial charge >= 0.3 is 5.97 Å². The maximum Gasteiger partial charge on any atom is 0.321 e. The lowest BCUT2D eigenvalue weighted by molar-refractivity contribution is -0.145. The van der Waals surface area contributed by atoms with Crippen LogP contribution >= 0.6 is 0 Å². The molecule has 1 aliphatic rings. The number of nitrogens with zero attached hydrogens (tertiary/aromatic N) is 1. The van der Waals surface area contributed by atoms with Gasteiger partial charge in [0.15, 0.2) is 0 Å². The van der Waals surface area contributed by atoms with Crippen molar-refractivity contribution in [2.24, 2.45) is 0 Å². The minimum Gasteiger partial charge on any atom is -0.497 e. The summed E-state index contributed by atoms with van der Waals surface area (Å²) >= 11 is 0. The van der Waals surface area contributed by atoms with Gasteiger partial charge < -0.3 is 25.2 Å². The average molecular weight is 337 g/mol. The number of carbonyl (C=O) groups excluding carboxylic acids is 1. The lowest BCUT2D eigenvalue weighted by Gasteiger charge is -2.32. The van der Waals surface area contributed by atoms with E-state index >= 15 is 0 Å². The van der Waals surface area contributed by atoms with Gasteiger partial charge in [-0.3, -0.25) is 14.5 Å². The molecule has 1 saturated heterocycles. The van der Waals surface area contributed by atoms with E-state index in [1.165, 1.54) is 14.2 Å². The van der Waals surface area contributed by atoms with Gasteiger partial charge in [-0.05, 0) is 12.1 Å². The zero-order valence-corrected chi connectivity index (χ0v) is 13.9. The Morgan fingerprint density at radius 2 is 2.00 bits per heavy atom. The summed E-state index contributed by atoms with van der Waals surface area (Å²) in [6.45, 7) is 2.64. The van der Waals surface area contributed by atoms with Crippen molar-refractivity contribution < 1.29 is 24.2 Å². The summed E-state index contributed by atoms with van der Waals surface area (Å²) in [6, 6.07) is 4.19. The van der Waals surface area contributed by atoms with Crippen LogP contribution in [-0.2, 0) is 9.59 Å². The van der Waals surface area contributed by atoms with Crippen molar-refractivity contribution in [3.05, 3.63) is 18.2 Å². The number of carboxylic acids is 1. The van der Waals surface area contributed by atoms with Gasteiger partial charge in [0.25, 0.3) is 0 Å². The Bertz CT molecular complexity index is 587. The Balaban J connectivity index is 2.06. The molecule has 0 aliphatic carbocycles. The molecule has 1 atom stereocenters. The number of benzene rings is 1. The fourth-order valence-corrected chi connectivity index (χ4v) is 2.65. The molecule has 8 nitrogen and oxygen atoms in total. The SMILES string of the molecule is COc1ccc(OC)c(NC(=O)C[C@@H](C(=O)O)N2CCNCC2)c1. The van der Waals surface area contributed by atoms with Gasteiger partial charge in [-0.15, -0.1) is 0 Å².